The number of aromatic nitrogens is 1. The molecule has 1 amide bonds. The van der Waals surface area contributed by atoms with Gasteiger partial charge in [0.25, 0.3) is 5.91 Å². The van der Waals surface area contributed by atoms with Gasteiger partial charge in [-0.25, -0.2) is 0 Å². The number of amides is 1. The predicted octanol–water partition coefficient (Wildman–Crippen LogP) is 2.64. The fraction of sp³-hybridized carbons (Fsp3) is 0.333. The molecule has 2 aromatic rings. The lowest BCUT2D eigenvalue weighted by Gasteiger charge is -2.33. The number of rotatable bonds is 1. The highest BCUT2D eigenvalue weighted by atomic mass is 19.4. The molecule has 1 aliphatic heterocycles. The average Bonchev–Trinajstić information content (AvgIpc) is 2.53. The first-order valence-electron chi connectivity index (χ1n) is 6.77. The highest BCUT2D eigenvalue weighted by molar-refractivity contribution is 5.97. The van der Waals surface area contributed by atoms with Crippen LogP contribution in [0.3, 0.4) is 0 Å². The Morgan fingerprint density at radius 2 is 2.14 bits per heavy atom. The van der Waals surface area contributed by atoms with E-state index in [-0.39, 0.29) is 13.2 Å². The molecule has 0 radical (unpaired) electrons. The highest BCUT2D eigenvalue weighted by Gasteiger charge is 2.44. The van der Waals surface area contributed by atoms with Crippen LogP contribution in [0.15, 0.2) is 36.5 Å². The van der Waals surface area contributed by atoms with Crippen molar-refractivity contribution in [1.29, 1.82) is 0 Å². The maximum Gasteiger partial charge on any atom is 0.416 e. The number of morpholine rings is 1. The Kier molecular flexibility index (Phi) is 3.74. The topological polar surface area (TPSA) is 42.4 Å². The number of alkyl halides is 3. The Bertz CT molecular complexity index is 702. The molecule has 1 fully saturated rings. The third-order valence-corrected chi connectivity index (χ3v) is 3.57. The first-order valence-corrected chi connectivity index (χ1v) is 6.77. The number of fused-ring (bicyclic) bond motifs is 1. The lowest BCUT2D eigenvalue weighted by Crippen LogP contribution is -2.51. The standard InChI is InChI=1S/C15H13F3N2O2/c16-15(17,18)13-9-20(6-7-22-13)14(21)11-4-3-10-2-1-5-19-12(10)8-11/h1-5,8,13H,6-7,9H2/t13-/m0/s1. The summed E-state index contributed by atoms with van der Waals surface area (Å²) in [5.74, 6) is -0.440. The van der Waals surface area contributed by atoms with E-state index in [1.807, 2.05) is 6.07 Å². The minimum absolute atomic E-state index is 0.123. The lowest BCUT2D eigenvalue weighted by atomic mass is 10.1. The highest BCUT2D eigenvalue weighted by Crippen LogP contribution is 2.26. The van der Waals surface area contributed by atoms with Crippen LogP contribution < -0.4 is 0 Å². The molecule has 3 rings (SSSR count). The van der Waals surface area contributed by atoms with Gasteiger partial charge in [0, 0.05) is 23.7 Å². The van der Waals surface area contributed by atoms with Crippen LogP contribution in [0.2, 0.25) is 0 Å². The van der Waals surface area contributed by atoms with Crippen LogP contribution in [0.5, 0.6) is 0 Å². The minimum Gasteiger partial charge on any atom is -0.365 e. The summed E-state index contributed by atoms with van der Waals surface area (Å²) in [4.78, 5) is 17.7. The van der Waals surface area contributed by atoms with E-state index >= 15 is 0 Å². The molecular weight excluding hydrogens is 297 g/mol. The van der Waals surface area contributed by atoms with E-state index in [0.29, 0.717) is 11.1 Å². The van der Waals surface area contributed by atoms with Crippen LogP contribution in [-0.2, 0) is 4.74 Å². The van der Waals surface area contributed by atoms with Crippen molar-refractivity contribution in [1.82, 2.24) is 9.88 Å². The van der Waals surface area contributed by atoms with Crippen molar-refractivity contribution < 1.29 is 22.7 Å². The summed E-state index contributed by atoms with van der Waals surface area (Å²) >= 11 is 0. The van der Waals surface area contributed by atoms with Crippen LogP contribution in [0, 0.1) is 0 Å². The SMILES string of the molecule is O=C(c1ccc2cccnc2c1)N1CCO[C@H](C(F)(F)F)C1. The van der Waals surface area contributed by atoms with Crippen LogP contribution in [0.25, 0.3) is 10.9 Å². The third kappa shape index (κ3) is 2.89. The fourth-order valence-corrected chi connectivity index (χ4v) is 2.41. The summed E-state index contributed by atoms with van der Waals surface area (Å²) in [6.07, 6.45) is -4.79. The van der Waals surface area contributed by atoms with Crippen molar-refractivity contribution >= 4 is 16.8 Å². The molecule has 0 unspecified atom stereocenters. The maximum absolute atomic E-state index is 12.7. The van der Waals surface area contributed by atoms with Crippen molar-refractivity contribution in [2.24, 2.45) is 0 Å². The van der Waals surface area contributed by atoms with Crippen molar-refractivity contribution in [3.63, 3.8) is 0 Å². The number of benzene rings is 1. The smallest absolute Gasteiger partial charge is 0.365 e. The van der Waals surface area contributed by atoms with Gasteiger partial charge in [-0.2, -0.15) is 13.2 Å². The third-order valence-electron chi connectivity index (χ3n) is 3.57. The number of carbonyl (C=O) groups is 1. The Balaban J connectivity index is 1.82. The fourth-order valence-electron chi connectivity index (χ4n) is 2.41. The quantitative estimate of drug-likeness (QED) is 0.813. The van der Waals surface area contributed by atoms with Gasteiger partial charge in [-0.15, -0.1) is 0 Å². The van der Waals surface area contributed by atoms with E-state index in [9.17, 15) is 18.0 Å². The van der Waals surface area contributed by atoms with Crippen molar-refractivity contribution in [3.8, 4) is 0 Å². The van der Waals surface area contributed by atoms with Crippen LogP contribution >= 0.6 is 0 Å². The van der Waals surface area contributed by atoms with Crippen molar-refractivity contribution in [2.75, 3.05) is 19.7 Å². The Labute approximate surface area is 124 Å². The number of pyridine rings is 1. The predicted molar refractivity (Wildman–Crippen MR) is 73.4 cm³/mol. The zero-order valence-electron chi connectivity index (χ0n) is 11.5. The molecular formula is C15H13F3N2O2. The minimum atomic E-state index is -4.47. The number of hydrogen-bond acceptors (Lipinski definition) is 3. The molecule has 0 saturated carbocycles. The molecule has 22 heavy (non-hydrogen) atoms. The number of halogens is 3. The van der Waals surface area contributed by atoms with Gasteiger partial charge in [0.15, 0.2) is 6.10 Å². The van der Waals surface area contributed by atoms with Gasteiger partial charge in [-0.05, 0) is 18.2 Å². The van der Waals surface area contributed by atoms with Crippen LogP contribution in [0.1, 0.15) is 10.4 Å². The monoisotopic (exact) mass is 310 g/mol. The molecule has 1 saturated heterocycles. The molecule has 1 atom stereocenters. The van der Waals surface area contributed by atoms with E-state index in [0.717, 1.165) is 5.39 Å². The van der Waals surface area contributed by atoms with E-state index in [4.69, 9.17) is 4.74 Å². The van der Waals surface area contributed by atoms with Crippen molar-refractivity contribution in [3.05, 3.63) is 42.1 Å². The maximum atomic E-state index is 12.7. The zero-order chi connectivity index (χ0) is 15.7. The second-order valence-electron chi connectivity index (χ2n) is 5.06. The molecule has 1 aliphatic rings. The summed E-state index contributed by atoms with van der Waals surface area (Å²) < 4.78 is 42.8. The summed E-state index contributed by atoms with van der Waals surface area (Å²) in [5.41, 5.74) is 0.961. The first-order chi connectivity index (χ1) is 10.4. The van der Waals surface area contributed by atoms with Crippen LogP contribution in [-0.4, -0.2) is 47.8 Å². The lowest BCUT2D eigenvalue weighted by molar-refractivity contribution is -0.233. The second kappa shape index (κ2) is 5.57. The average molecular weight is 310 g/mol. The number of carbonyl (C=O) groups excluding carboxylic acids is 1. The summed E-state index contributed by atoms with van der Waals surface area (Å²) in [6, 6.07) is 8.56. The second-order valence-corrected chi connectivity index (χ2v) is 5.06. The van der Waals surface area contributed by atoms with Gasteiger partial charge in [0.2, 0.25) is 0 Å². The normalized spacial score (nSPS) is 19.4. The Morgan fingerprint density at radius 3 is 2.91 bits per heavy atom. The van der Waals surface area contributed by atoms with E-state index in [1.165, 1.54) is 4.90 Å². The Hall–Kier alpha value is -2.15. The number of hydrogen-bond donors (Lipinski definition) is 0. The molecule has 7 heteroatoms. The van der Waals surface area contributed by atoms with Gasteiger partial charge >= 0.3 is 6.18 Å². The summed E-state index contributed by atoms with van der Waals surface area (Å²) in [7, 11) is 0. The van der Waals surface area contributed by atoms with Gasteiger partial charge in [-0.3, -0.25) is 9.78 Å². The molecule has 0 spiro atoms. The number of nitrogens with zero attached hydrogens (tertiary/aromatic N) is 2. The van der Waals surface area contributed by atoms with Crippen molar-refractivity contribution in [2.45, 2.75) is 12.3 Å². The van der Waals surface area contributed by atoms with Gasteiger partial charge < -0.3 is 9.64 Å². The molecule has 0 bridgehead atoms. The number of ether oxygens (including phenoxy) is 1. The van der Waals surface area contributed by atoms with Gasteiger partial charge in [-0.1, -0.05) is 12.1 Å². The molecule has 2 heterocycles. The van der Waals surface area contributed by atoms with E-state index < -0.39 is 24.7 Å². The van der Waals surface area contributed by atoms with Gasteiger partial charge in [0.1, 0.15) is 0 Å². The molecule has 0 N–H and O–H groups in total. The van der Waals surface area contributed by atoms with E-state index in [2.05, 4.69) is 4.98 Å². The molecule has 4 nitrogen and oxygen atoms in total. The van der Waals surface area contributed by atoms with Crippen LogP contribution in [0.4, 0.5) is 13.2 Å². The molecule has 1 aromatic carbocycles. The van der Waals surface area contributed by atoms with E-state index in [1.54, 1.807) is 30.5 Å². The summed E-state index contributed by atoms with van der Waals surface area (Å²) in [6.45, 7) is -0.462. The Morgan fingerprint density at radius 1 is 1.32 bits per heavy atom. The first kappa shape index (κ1) is 14.8. The molecule has 1 aromatic heterocycles. The molecule has 116 valence electrons. The summed E-state index contributed by atoms with van der Waals surface area (Å²) in [5, 5.41) is 0.870. The van der Waals surface area contributed by atoms with Gasteiger partial charge in [0.05, 0.1) is 18.7 Å². The zero-order valence-corrected chi connectivity index (χ0v) is 11.5. The largest absolute Gasteiger partial charge is 0.416 e. The molecule has 0 aliphatic carbocycles.